The second-order valence-electron chi connectivity index (χ2n) is 4.59. The number of hydrogen-bond acceptors (Lipinski definition) is 3. The average molecular weight is 306 g/mol. The van der Waals surface area contributed by atoms with Crippen LogP contribution >= 0.6 is 23.2 Å². The van der Waals surface area contributed by atoms with Crippen molar-refractivity contribution in [3.8, 4) is 0 Å². The van der Waals surface area contributed by atoms with Gasteiger partial charge in [-0.2, -0.15) is 0 Å². The lowest BCUT2D eigenvalue weighted by Gasteiger charge is -2.27. The van der Waals surface area contributed by atoms with Crippen molar-refractivity contribution in [1.29, 1.82) is 0 Å². The first-order valence-electron chi connectivity index (χ1n) is 6.26. The summed E-state index contributed by atoms with van der Waals surface area (Å²) >= 11 is 12.3. The summed E-state index contributed by atoms with van der Waals surface area (Å²) in [4.78, 5) is 6.29. The molecule has 20 heavy (non-hydrogen) atoms. The predicted molar refractivity (Wildman–Crippen MR) is 84.6 cm³/mol. The number of benzene rings is 2. The van der Waals surface area contributed by atoms with E-state index in [-0.39, 0.29) is 6.04 Å². The molecule has 0 saturated carbocycles. The van der Waals surface area contributed by atoms with Gasteiger partial charge in [0.15, 0.2) is 5.96 Å². The molecule has 3 rings (SSSR count). The largest absolute Gasteiger partial charge is 0.369 e. The van der Waals surface area contributed by atoms with Gasteiger partial charge < -0.3 is 10.6 Å². The van der Waals surface area contributed by atoms with Gasteiger partial charge in [0, 0.05) is 5.02 Å². The molecule has 102 valence electrons. The normalized spacial score (nSPS) is 18.2. The summed E-state index contributed by atoms with van der Waals surface area (Å²) in [6.45, 7) is 0.595. The number of nitrogens with two attached hydrogens (primary N) is 1. The average Bonchev–Trinajstić information content (AvgIpc) is 2.81. The van der Waals surface area contributed by atoms with Crippen molar-refractivity contribution >= 4 is 34.8 Å². The Morgan fingerprint density at radius 3 is 2.65 bits per heavy atom. The van der Waals surface area contributed by atoms with Gasteiger partial charge in [-0.25, -0.2) is 0 Å². The highest BCUT2D eigenvalue weighted by Gasteiger charge is 2.30. The molecule has 0 aromatic heterocycles. The summed E-state index contributed by atoms with van der Waals surface area (Å²) in [5.41, 5.74) is 7.96. The molecule has 2 N–H and O–H groups in total. The molecule has 0 radical (unpaired) electrons. The molecule has 0 saturated heterocycles. The Bertz CT molecular complexity index is 670. The maximum Gasteiger partial charge on any atom is 0.196 e. The molecule has 0 amide bonds. The topological polar surface area (TPSA) is 41.6 Å². The van der Waals surface area contributed by atoms with Crippen LogP contribution in [0.1, 0.15) is 11.6 Å². The number of halogens is 2. The maximum atomic E-state index is 6.28. The lowest BCUT2D eigenvalue weighted by atomic mass is 10.1. The van der Waals surface area contributed by atoms with Crippen LogP contribution in [0.2, 0.25) is 10.0 Å². The van der Waals surface area contributed by atoms with E-state index in [1.165, 1.54) is 0 Å². The molecule has 2 aromatic rings. The van der Waals surface area contributed by atoms with Crippen LogP contribution in [0.15, 0.2) is 53.5 Å². The Kier molecular flexibility index (Phi) is 3.55. The van der Waals surface area contributed by atoms with Crippen molar-refractivity contribution < 1.29 is 0 Å². The second kappa shape index (κ2) is 5.35. The van der Waals surface area contributed by atoms with Crippen LogP contribution in [0.25, 0.3) is 0 Å². The highest BCUT2D eigenvalue weighted by atomic mass is 35.5. The summed E-state index contributed by atoms with van der Waals surface area (Å²) in [6.07, 6.45) is 0. The minimum absolute atomic E-state index is 0.0219. The van der Waals surface area contributed by atoms with Crippen LogP contribution in [0.4, 0.5) is 5.69 Å². The van der Waals surface area contributed by atoms with Gasteiger partial charge in [0.2, 0.25) is 0 Å². The first-order valence-corrected chi connectivity index (χ1v) is 7.01. The molecule has 1 unspecified atom stereocenters. The van der Waals surface area contributed by atoms with Crippen molar-refractivity contribution in [2.75, 3.05) is 11.4 Å². The molecular formula is C15H13Cl2N3. The highest BCUT2D eigenvalue weighted by Crippen LogP contribution is 2.35. The first kappa shape index (κ1) is 13.3. The maximum absolute atomic E-state index is 6.28. The van der Waals surface area contributed by atoms with Crippen molar-refractivity contribution in [2.45, 2.75) is 6.04 Å². The number of aliphatic imine (C=N–C) groups is 1. The fourth-order valence-corrected chi connectivity index (χ4v) is 2.83. The van der Waals surface area contributed by atoms with E-state index < -0.39 is 0 Å². The summed E-state index contributed by atoms with van der Waals surface area (Å²) in [7, 11) is 0. The molecule has 5 heteroatoms. The van der Waals surface area contributed by atoms with Gasteiger partial charge >= 0.3 is 0 Å². The lowest BCUT2D eigenvalue weighted by Crippen LogP contribution is -2.36. The molecule has 3 nitrogen and oxygen atoms in total. The zero-order valence-corrected chi connectivity index (χ0v) is 12.1. The van der Waals surface area contributed by atoms with Crippen LogP contribution in [0, 0.1) is 0 Å². The van der Waals surface area contributed by atoms with E-state index in [9.17, 15) is 0 Å². The number of para-hydroxylation sites is 1. The first-order chi connectivity index (χ1) is 9.66. The Balaban J connectivity index is 2.03. The van der Waals surface area contributed by atoms with Gasteiger partial charge in [0.05, 0.1) is 23.3 Å². The van der Waals surface area contributed by atoms with Gasteiger partial charge in [-0.15, -0.1) is 0 Å². The second-order valence-corrected chi connectivity index (χ2v) is 5.43. The summed E-state index contributed by atoms with van der Waals surface area (Å²) < 4.78 is 0. The standard InChI is InChI=1S/C15H13Cl2N3/c16-11-5-3-4-10(8-11)14-9-19-15(18)20(14)13-7-2-1-6-12(13)17/h1-8,14H,9H2,(H2,18,19). The molecular weight excluding hydrogens is 293 g/mol. The van der Waals surface area contributed by atoms with E-state index >= 15 is 0 Å². The molecule has 0 aliphatic carbocycles. The number of anilines is 1. The third-order valence-electron chi connectivity index (χ3n) is 3.33. The molecule has 1 heterocycles. The van der Waals surface area contributed by atoms with Crippen molar-refractivity contribution in [3.63, 3.8) is 0 Å². The number of hydrogen-bond donors (Lipinski definition) is 1. The Morgan fingerprint density at radius 1 is 1.10 bits per heavy atom. The van der Waals surface area contributed by atoms with Crippen LogP contribution in [-0.2, 0) is 0 Å². The Morgan fingerprint density at radius 2 is 1.90 bits per heavy atom. The molecule has 1 aliphatic rings. The Hall–Kier alpha value is -1.71. The van der Waals surface area contributed by atoms with Crippen LogP contribution in [0.3, 0.4) is 0 Å². The van der Waals surface area contributed by atoms with Crippen molar-refractivity contribution in [2.24, 2.45) is 10.7 Å². The van der Waals surface area contributed by atoms with Crippen LogP contribution in [0.5, 0.6) is 0 Å². The van der Waals surface area contributed by atoms with E-state index in [0.717, 1.165) is 11.3 Å². The number of rotatable bonds is 2. The zero-order chi connectivity index (χ0) is 14.1. The monoisotopic (exact) mass is 305 g/mol. The molecule has 1 atom stereocenters. The summed E-state index contributed by atoms with van der Waals surface area (Å²) in [5.74, 6) is 0.475. The number of guanidine groups is 1. The third kappa shape index (κ3) is 2.35. The predicted octanol–water partition coefficient (Wildman–Crippen LogP) is 3.87. The lowest BCUT2D eigenvalue weighted by molar-refractivity contribution is 0.769. The van der Waals surface area contributed by atoms with Crippen molar-refractivity contribution in [1.82, 2.24) is 0 Å². The van der Waals surface area contributed by atoms with E-state index in [0.29, 0.717) is 22.5 Å². The van der Waals surface area contributed by atoms with E-state index in [2.05, 4.69) is 4.99 Å². The molecule has 0 spiro atoms. The Labute approximate surface area is 127 Å². The molecule has 1 aliphatic heterocycles. The van der Waals surface area contributed by atoms with E-state index in [4.69, 9.17) is 28.9 Å². The SMILES string of the molecule is NC1=NCC(c2cccc(Cl)c2)N1c1ccccc1Cl. The molecule has 0 fully saturated rings. The van der Waals surface area contributed by atoms with Gasteiger partial charge in [-0.05, 0) is 29.8 Å². The summed E-state index contributed by atoms with van der Waals surface area (Å²) in [6, 6.07) is 15.4. The fourth-order valence-electron chi connectivity index (χ4n) is 2.40. The van der Waals surface area contributed by atoms with E-state index in [1.807, 2.05) is 53.4 Å². The van der Waals surface area contributed by atoms with Gasteiger partial charge in [0.25, 0.3) is 0 Å². The van der Waals surface area contributed by atoms with Crippen molar-refractivity contribution in [3.05, 3.63) is 64.1 Å². The van der Waals surface area contributed by atoms with Gasteiger partial charge in [-0.3, -0.25) is 4.99 Å². The van der Waals surface area contributed by atoms with Gasteiger partial charge in [-0.1, -0.05) is 47.5 Å². The third-order valence-corrected chi connectivity index (χ3v) is 3.88. The van der Waals surface area contributed by atoms with Crippen LogP contribution < -0.4 is 10.6 Å². The highest BCUT2D eigenvalue weighted by molar-refractivity contribution is 6.34. The quantitative estimate of drug-likeness (QED) is 0.915. The summed E-state index contributed by atoms with van der Waals surface area (Å²) in [5, 5.41) is 1.35. The van der Waals surface area contributed by atoms with Gasteiger partial charge in [0.1, 0.15) is 0 Å². The molecule has 0 bridgehead atoms. The minimum atomic E-state index is 0.0219. The smallest absolute Gasteiger partial charge is 0.196 e. The van der Waals surface area contributed by atoms with E-state index in [1.54, 1.807) is 0 Å². The minimum Gasteiger partial charge on any atom is -0.369 e. The zero-order valence-electron chi connectivity index (χ0n) is 10.6. The van der Waals surface area contributed by atoms with Crippen LogP contribution in [-0.4, -0.2) is 12.5 Å². The number of nitrogens with zero attached hydrogens (tertiary/aromatic N) is 2. The molecule has 2 aromatic carbocycles. The fraction of sp³-hybridized carbons (Fsp3) is 0.133.